The minimum Gasteiger partial charge on any atom is -0.491 e. The molecule has 0 heterocycles. The largest absolute Gasteiger partial charge is 0.491 e. The third-order valence-electron chi connectivity index (χ3n) is 4.13. The number of aliphatic hydroxyl groups is 1. The summed E-state index contributed by atoms with van der Waals surface area (Å²) in [7, 11) is 1.79. The lowest BCUT2D eigenvalue weighted by molar-refractivity contribution is -0.135. The molecule has 0 radical (unpaired) electrons. The molecule has 2 rings (SSSR count). The van der Waals surface area contributed by atoms with E-state index in [4.69, 9.17) is 4.74 Å². The highest BCUT2D eigenvalue weighted by Gasteiger charge is 2.34. The van der Waals surface area contributed by atoms with Crippen LogP contribution in [-0.2, 0) is 11.3 Å². The van der Waals surface area contributed by atoms with Crippen LogP contribution < -0.4 is 4.74 Å². The first-order valence-corrected chi connectivity index (χ1v) is 8.10. The summed E-state index contributed by atoms with van der Waals surface area (Å²) in [6.45, 7) is 4.51. The van der Waals surface area contributed by atoms with Crippen molar-refractivity contribution in [1.29, 1.82) is 0 Å². The van der Waals surface area contributed by atoms with Gasteiger partial charge in [-0.1, -0.05) is 25.0 Å². The third kappa shape index (κ3) is 4.73. The first-order valence-electron chi connectivity index (χ1n) is 8.10. The number of carbonyl (C=O) groups is 1. The molecule has 0 aromatic heterocycles. The van der Waals surface area contributed by atoms with E-state index in [9.17, 15) is 9.90 Å². The first kappa shape index (κ1) is 16.8. The first-order chi connectivity index (χ1) is 10.4. The smallest absolute Gasteiger partial charge is 0.225 e. The molecule has 0 saturated heterocycles. The fraction of sp³-hybridized carbons (Fsp3) is 0.611. The molecule has 0 atom stereocenters. The van der Waals surface area contributed by atoms with Crippen molar-refractivity contribution in [2.24, 2.45) is 0 Å². The number of ether oxygens (including phenoxy) is 1. The molecule has 0 bridgehead atoms. The molecule has 0 unspecified atom stereocenters. The number of nitrogens with zero attached hydrogens (tertiary/aromatic N) is 1. The van der Waals surface area contributed by atoms with Crippen LogP contribution in [0.25, 0.3) is 0 Å². The molecular formula is C18H27NO3. The molecule has 122 valence electrons. The highest BCUT2D eigenvalue weighted by molar-refractivity contribution is 5.77. The van der Waals surface area contributed by atoms with E-state index < -0.39 is 5.60 Å². The summed E-state index contributed by atoms with van der Waals surface area (Å²) in [6, 6.07) is 7.82. The second-order valence-corrected chi connectivity index (χ2v) is 6.67. The van der Waals surface area contributed by atoms with E-state index in [1.165, 1.54) is 0 Å². The lowest BCUT2D eigenvalue weighted by Gasteiger charge is -2.25. The third-order valence-corrected chi connectivity index (χ3v) is 4.13. The number of rotatable bonds is 6. The van der Waals surface area contributed by atoms with Gasteiger partial charge in [-0.3, -0.25) is 4.79 Å². The van der Waals surface area contributed by atoms with Crippen molar-refractivity contribution in [3.8, 4) is 5.75 Å². The molecule has 1 aliphatic rings. The average Bonchev–Trinajstić information content (AvgIpc) is 2.84. The quantitative estimate of drug-likeness (QED) is 0.878. The van der Waals surface area contributed by atoms with Gasteiger partial charge in [0.2, 0.25) is 5.91 Å². The molecule has 1 aliphatic carbocycles. The predicted octanol–water partition coefficient (Wildman–Crippen LogP) is 3.13. The Kier molecular flexibility index (Phi) is 5.46. The predicted molar refractivity (Wildman–Crippen MR) is 86.7 cm³/mol. The van der Waals surface area contributed by atoms with Crippen LogP contribution in [-0.4, -0.2) is 34.7 Å². The van der Waals surface area contributed by atoms with Crippen molar-refractivity contribution in [2.45, 2.75) is 64.2 Å². The van der Waals surface area contributed by atoms with Crippen molar-refractivity contribution in [3.05, 3.63) is 29.8 Å². The normalized spacial score (nSPS) is 16.8. The van der Waals surface area contributed by atoms with Gasteiger partial charge in [-0.05, 0) is 44.4 Å². The maximum atomic E-state index is 12.3. The topological polar surface area (TPSA) is 49.8 Å². The van der Waals surface area contributed by atoms with E-state index in [1.54, 1.807) is 11.9 Å². The number of benzene rings is 1. The molecule has 4 nitrogen and oxygen atoms in total. The molecule has 1 amide bonds. The summed E-state index contributed by atoms with van der Waals surface area (Å²) < 4.78 is 5.68. The van der Waals surface area contributed by atoms with E-state index >= 15 is 0 Å². The fourth-order valence-corrected chi connectivity index (χ4v) is 2.98. The zero-order chi connectivity index (χ0) is 16.2. The van der Waals surface area contributed by atoms with Gasteiger partial charge >= 0.3 is 0 Å². The van der Waals surface area contributed by atoms with Gasteiger partial charge in [-0.25, -0.2) is 0 Å². The van der Waals surface area contributed by atoms with Crippen LogP contribution in [0.5, 0.6) is 5.75 Å². The van der Waals surface area contributed by atoms with Gasteiger partial charge in [0.05, 0.1) is 18.1 Å². The van der Waals surface area contributed by atoms with Crippen molar-refractivity contribution in [1.82, 2.24) is 4.90 Å². The van der Waals surface area contributed by atoms with Crippen LogP contribution in [0.4, 0.5) is 0 Å². The Bertz CT molecular complexity index is 507. The lowest BCUT2D eigenvalue weighted by Crippen LogP contribution is -2.35. The van der Waals surface area contributed by atoms with Crippen molar-refractivity contribution < 1.29 is 14.6 Å². The molecule has 4 heteroatoms. The summed E-state index contributed by atoms with van der Waals surface area (Å²) in [5.41, 5.74) is 0.251. The summed E-state index contributed by atoms with van der Waals surface area (Å²) in [6.07, 6.45) is 3.87. The summed E-state index contributed by atoms with van der Waals surface area (Å²) in [4.78, 5) is 14.0. The summed E-state index contributed by atoms with van der Waals surface area (Å²) in [5.74, 6) is 0.822. The molecule has 22 heavy (non-hydrogen) atoms. The second-order valence-electron chi connectivity index (χ2n) is 6.67. The monoisotopic (exact) mass is 305 g/mol. The van der Waals surface area contributed by atoms with Gasteiger partial charge < -0.3 is 14.7 Å². The highest BCUT2D eigenvalue weighted by Crippen LogP contribution is 2.32. The molecule has 0 aliphatic heterocycles. The molecule has 1 aromatic carbocycles. The van der Waals surface area contributed by atoms with Gasteiger partial charge in [0, 0.05) is 13.6 Å². The number of hydrogen-bond donors (Lipinski definition) is 1. The van der Waals surface area contributed by atoms with Gasteiger partial charge in [0.1, 0.15) is 5.75 Å². The van der Waals surface area contributed by atoms with Crippen LogP contribution in [0, 0.1) is 0 Å². The Labute approximate surface area is 133 Å². The zero-order valence-electron chi connectivity index (χ0n) is 13.8. The van der Waals surface area contributed by atoms with Crippen LogP contribution in [0.3, 0.4) is 0 Å². The number of carbonyl (C=O) groups excluding carboxylic acids is 1. The molecule has 1 N–H and O–H groups in total. The standard InChI is InChI=1S/C18H27NO3/c1-14(2)22-16-8-6-7-15(11-16)13-19(3)17(20)12-18(21)9-4-5-10-18/h6-8,11,14,21H,4-5,9-10,12-13H2,1-3H3. The Morgan fingerprint density at radius 1 is 1.36 bits per heavy atom. The lowest BCUT2D eigenvalue weighted by atomic mass is 9.97. The van der Waals surface area contributed by atoms with E-state index in [-0.39, 0.29) is 18.4 Å². The van der Waals surface area contributed by atoms with Crippen LogP contribution in [0.15, 0.2) is 24.3 Å². The van der Waals surface area contributed by atoms with E-state index in [2.05, 4.69) is 0 Å². The molecule has 0 spiro atoms. The minimum atomic E-state index is -0.784. The SMILES string of the molecule is CC(C)Oc1cccc(CN(C)C(=O)CC2(O)CCCC2)c1. The van der Waals surface area contributed by atoms with Crippen molar-refractivity contribution >= 4 is 5.91 Å². The highest BCUT2D eigenvalue weighted by atomic mass is 16.5. The summed E-state index contributed by atoms with van der Waals surface area (Å²) >= 11 is 0. The van der Waals surface area contributed by atoms with Crippen LogP contribution >= 0.6 is 0 Å². The molecule has 1 aromatic rings. The van der Waals surface area contributed by atoms with Crippen LogP contribution in [0.1, 0.15) is 51.5 Å². The van der Waals surface area contributed by atoms with Crippen LogP contribution in [0.2, 0.25) is 0 Å². The number of hydrogen-bond acceptors (Lipinski definition) is 3. The minimum absolute atomic E-state index is 0.000388. The molecule has 1 fully saturated rings. The van der Waals surface area contributed by atoms with Gasteiger partial charge in [-0.2, -0.15) is 0 Å². The Morgan fingerprint density at radius 2 is 2.05 bits per heavy atom. The van der Waals surface area contributed by atoms with E-state index in [1.807, 2.05) is 38.1 Å². The van der Waals surface area contributed by atoms with Gasteiger partial charge in [-0.15, -0.1) is 0 Å². The zero-order valence-corrected chi connectivity index (χ0v) is 13.8. The van der Waals surface area contributed by atoms with Gasteiger partial charge in [0.15, 0.2) is 0 Å². The van der Waals surface area contributed by atoms with Crippen molar-refractivity contribution in [3.63, 3.8) is 0 Å². The van der Waals surface area contributed by atoms with Gasteiger partial charge in [0.25, 0.3) is 0 Å². The Balaban J connectivity index is 1.93. The molecular weight excluding hydrogens is 278 g/mol. The fourth-order valence-electron chi connectivity index (χ4n) is 2.98. The molecule has 1 saturated carbocycles. The van der Waals surface area contributed by atoms with E-state index in [0.717, 1.165) is 37.0 Å². The maximum absolute atomic E-state index is 12.3. The second kappa shape index (κ2) is 7.14. The Morgan fingerprint density at radius 3 is 2.68 bits per heavy atom. The average molecular weight is 305 g/mol. The summed E-state index contributed by atoms with van der Waals surface area (Å²) in [5, 5.41) is 10.4. The maximum Gasteiger partial charge on any atom is 0.225 e. The van der Waals surface area contributed by atoms with Crippen molar-refractivity contribution in [2.75, 3.05) is 7.05 Å². The number of amides is 1. The van der Waals surface area contributed by atoms with E-state index in [0.29, 0.717) is 6.54 Å². The Hall–Kier alpha value is -1.55.